The third kappa shape index (κ3) is 2.34. The lowest BCUT2D eigenvalue weighted by atomic mass is 9.66. The van der Waals surface area contributed by atoms with Gasteiger partial charge in [-0.05, 0) is 24.8 Å². The number of benzene rings is 1. The van der Waals surface area contributed by atoms with Crippen molar-refractivity contribution in [1.29, 1.82) is 0 Å². The molecule has 4 rings (SSSR count). The SMILES string of the molecule is CC(C)(C)C1=C[C@H](c2ccccc2)[C@@H]2CCCC[C@]23OCCN13. The van der Waals surface area contributed by atoms with E-state index in [1.165, 1.54) is 36.9 Å². The molecule has 124 valence electrons. The minimum Gasteiger partial charge on any atom is -0.353 e. The first-order valence-electron chi connectivity index (χ1n) is 9.21. The summed E-state index contributed by atoms with van der Waals surface area (Å²) in [7, 11) is 0. The van der Waals surface area contributed by atoms with Gasteiger partial charge in [-0.25, -0.2) is 0 Å². The fourth-order valence-corrected chi connectivity index (χ4v) is 5.07. The Kier molecular flexibility index (Phi) is 3.57. The maximum absolute atomic E-state index is 6.51. The topological polar surface area (TPSA) is 12.5 Å². The zero-order valence-corrected chi connectivity index (χ0v) is 14.7. The summed E-state index contributed by atoms with van der Waals surface area (Å²) in [5.74, 6) is 1.08. The molecular formula is C21H29NO. The monoisotopic (exact) mass is 311 g/mol. The van der Waals surface area contributed by atoms with E-state index in [0.717, 1.165) is 13.2 Å². The zero-order chi connectivity index (χ0) is 16.1. The number of hydrogen-bond acceptors (Lipinski definition) is 2. The van der Waals surface area contributed by atoms with Crippen molar-refractivity contribution in [2.45, 2.75) is 58.1 Å². The molecule has 0 aromatic heterocycles. The Bertz CT molecular complexity index is 600. The van der Waals surface area contributed by atoms with E-state index in [1.54, 1.807) is 0 Å². The Labute approximate surface area is 140 Å². The largest absolute Gasteiger partial charge is 0.353 e. The molecule has 1 spiro atoms. The molecule has 1 aromatic carbocycles. The first-order chi connectivity index (χ1) is 11.0. The van der Waals surface area contributed by atoms with Crippen molar-refractivity contribution >= 4 is 0 Å². The molecule has 3 atom stereocenters. The highest BCUT2D eigenvalue weighted by atomic mass is 16.5. The molecule has 0 radical (unpaired) electrons. The van der Waals surface area contributed by atoms with Gasteiger partial charge in [-0.2, -0.15) is 0 Å². The van der Waals surface area contributed by atoms with E-state index in [0.29, 0.717) is 11.8 Å². The maximum atomic E-state index is 6.51. The summed E-state index contributed by atoms with van der Waals surface area (Å²) in [4.78, 5) is 2.64. The van der Waals surface area contributed by atoms with E-state index in [4.69, 9.17) is 4.74 Å². The second kappa shape index (κ2) is 5.37. The second-order valence-corrected chi connectivity index (χ2v) is 8.44. The van der Waals surface area contributed by atoms with Gasteiger partial charge in [-0.1, -0.05) is 63.6 Å². The Morgan fingerprint density at radius 1 is 1.13 bits per heavy atom. The molecule has 1 aromatic rings. The molecule has 2 nitrogen and oxygen atoms in total. The smallest absolute Gasteiger partial charge is 0.144 e. The molecule has 1 saturated heterocycles. The van der Waals surface area contributed by atoms with E-state index < -0.39 is 0 Å². The van der Waals surface area contributed by atoms with Crippen LogP contribution in [0.4, 0.5) is 0 Å². The van der Waals surface area contributed by atoms with E-state index in [1.807, 2.05) is 0 Å². The van der Waals surface area contributed by atoms with Crippen LogP contribution < -0.4 is 0 Å². The average molecular weight is 311 g/mol. The Morgan fingerprint density at radius 2 is 1.91 bits per heavy atom. The van der Waals surface area contributed by atoms with Crippen LogP contribution in [0, 0.1) is 11.3 Å². The zero-order valence-electron chi connectivity index (χ0n) is 14.7. The van der Waals surface area contributed by atoms with Gasteiger partial charge in [-0.15, -0.1) is 0 Å². The van der Waals surface area contributed by atoms with Crippen LogP contribution in [0.1, 0.15) is 57.9 Å². The average Bonchev–Trinajstić information content (AvgIpc) is 2.96. The lowest BCUT2D eigenvalue weighted by Crippen LogP contribution is -2.57. The summed E-state index contributed by atoms with van der Waals surface area (Å²) >= 11 is 0. The van der Waals surface area contributed by atoms with E-state index in [-0.39, 0.29) is 11.1 Å². The van der Waals surface area contributed by atoms with Crippen molar-refractivity contribution in [3.05, 3.63) is 47.7 Å². The third-order valence-corrected chi connectivity index (χ3v) is 6.02. The van der Waals surface area contributed by atoms with E-state index in [9.17, 15) is 0 Å². The standard InChI is InChI=1S/C21H29NO/c1-20(2,3)19-15-17(16-9-5-4-6-10-16)18-11-7-8-12-21(18)22(19)13-14-23-21/h4-6,9-10,15,17-18H,7-8,11-14H2,1-3H3/t17-,18+,21+/m1/s1. The normalized spacial score (nSPS) is 33.9. The molecule has 0 unspecified atom stereocenters. The molecule has 1 aliphatic carbocycles. The minimum absolute atomic E-state index is 0.0455. The van der Waals surface area contributed by atoms with Crippen molar-refractivity contribution in [3.63, 3.8) is 0 Å². The van der Waals surface area contributed by atoms with Crippen molar-refractivity contribution in [3.8, 4) is 0 Å². The summed E-state index contributed by atoms with van der Waals surface area (Å²) in [5, 5.41) is 0. The van der Waals surface area contributed by atoms with Crippen LogP contribution >= 0.6 is 0 Å². The van der Waals surface area contributed by atoms with Crippen LogP contribution in [0.5, 0.6) is 0 Å². The van der Waals surface area contributed by atoms with Crippen LogP contribution in [0.25, 0.3) is 0 Å². The fourth-order valence-electron chi connectivity index (χ4n) is 5.07. The Hall–Kier alpha value is -1.28. The van der Waals surface area contributed by atoms with Crippen LogP contribution in [0.2, 0.25) is 0 Å². The summed E-state index contributed by atoms with van der Waals surface area (Å²) in [6.07, 6.45) is 7.67. The number of nitrogens with zero attached hydrogens (tertiary/aromatic N) is 1. The summed E-state index contributed by atoms with van der Waals surface area (Å²) in [6.45, 7) is 8.97. The first kappa shape index (κ1) is 15.3. The molecule has 0 bridgehead atoms. The van der Waals surface area contributed by atoms with Crippen LogP contribution in [0.15, 0.2) is 42.1 Å². The van der Waals surface area contributed by atoms with Gasteiger partial charge in [0, 0.05) is 29.5 Å². The second-order valence-electron chi connectivity index (χ2n) is 8.44. The lowest BCUT2D eigenvalue weighted by molar-refractivity contribution is -0.151. The van der Waals surface area contributed by atoms with Gasteiger partial charge >= 0.3 is 0 Å². The van der Waals surface area contributed by atoms with Gasteiger partial charge in [0.1, 0.15) is 5.72 Å². The molecule has 0 N–H and O–H groups in total. The summed E-state index contributed by atoms with van der Waals surface area (Å²) in [6, 6.07) is 11.1. The Morgan fingerprint density at radius 3 is 2.65 bits per heavy atom. The van der Waals surface area contributed by atoms with Crippen molar-refractivity contribution in [2.75, 3.05) is 13.2 Å². The lowest BCUT2D eigenvalue weighted by Gasteiger charge is -2.55. The highest BCUT2D eigenvalue weighted by molar-refractivity contribution is 5.33. The van der Waals surface area contributed by atoms with Crippen LogP contribution in [-0.2, 0) is 4.74 Å². The molecule has 2 heteroatoms. The van der Waals surface area contributed by atoms with Gasteiger partial charge in [0.2, 0.25) is 0 Å². The highest BCUT2D eigenvalue weighted by Crippen LogP contribution is 2.55. The van der Waals surface area contributed by atoms with E-state index >= 15 is 0 Å². The molecule has 1 saturated carbocycles. The maximum Gasteiger partial charge on any atom is 0.144 e. The number of ether oxygens (including phenoxy) is 1. The van der Waals surface area contributed by atoms with Gasteiger partial charge in [-0.3, -0.25) is 0 Å². The van der Waals surface area contributed by atoms with Gasteiger partial charge < -0.3 is 9.64 Å². The molecule has 2 aliphatic heterocycles. The summed E-state index contributed by atoms with van der Waals surface area (Å²) < 4.78 is 6.51. The molecule has 23 heavy (non-hydrogen) atoms. The number of hydrogen-bond donors (Lipinski definition) is 0. The predicted molar refractivity (Wildman–Crippen MR) is 94.1 cm³/mol. The van der Waals surface area contributed by atoms with Crippen molar-refractivity contribution < 1.29 is 4.74 Å². The minimum atomic E-state index is -0.0455. The van der Waals surface area contributed by atoms with Gasteiger partial charge in [0.25, 0.3) is 0 Å². The van der Waals surface area contributed by atoms with Crippen LogP contribution in [0.3, 0.4) is 0 Å². The van der Waals surface area contributed by atoms with Gasteiger partial charge in [0.05, 0.1) is 6.61 Å². The van der Waals surface area contributed by atoms with Crippen molar-refractivity contribution in [2.24, 2.45) is 11.3 Å². The number of rotatable bonds is 1. The Balaban J connectivity index is 1.86. The fraction of sp³-hybridized carbons (Fsp3) is 0.619. The molecule has 0 amide bonds. The molecular weight excluding hydrogens is 282 g/mol. The molecule has 3 aliphatic rings. The third-order valence-electron chi connectivity index (χ3n) is 6.02. The predicted octanol–water partition coefficient (Wildman–Crippen LogP) is 4.93. The van der Waals surface area contributed by atoms with E-state index in [2.05, 4.69) is 62.1 Å². The molecule has 2 heterocycles. The quantitative estimate of drug-likeness (QED) is 0.729. The first-order valence-corrected chi connectivity index (χ1v) is 9.21. The number of allylic oxidation sites excluding steroid dienone is 2. The van der Waals surface area contributed by atoms with Crippen molar-refractivity contribution in [1.82, 2.24) is 4.90 Å². The van der Waals surface area contributed by atoms with Crippen LogP contribution in [-0.4, -0.2) is 23.8 Å². The summed E-state index contributed by atoms with van der Waals surface area (Å²) in [5.41, 5.74) is 3.06. The molecule has 2 fully saturated rings. The highest BCUT2D eigenvalue weighted by Gasteiger charge is 2.56. The van der Waals surface area contributed by atoms with Gasteiger partial charge in [0.15, 0.2) is 0 Å².